The molecule has 0 radical (unpaired) electrons. The van der Waals surface area contributed by atoms with E-state index in [0.29, 0.717) is 0 Å². The van der Waals surface area contributed by atoms with E-state index >= 15 is 0 Å². The molecule has 2 amide bonds. The van der Waals surface area contributed by atoms with E-state index in [2.05, 4.69) is 10.6 Å². The Hall–Kier alpha value is -3.39. The number of carboxylic acid groups (broad SMARTS) is 1. The summed E-state index contributed by atoms with van der Waals surface area (Å²) >= 11 is 0. The number of carbonyl (C=O) groups excluding carboxylic acids is 2. The van der Waals surface area contributed by atoms with E-state index < -0.39 is 30.1 Å². The highest BCUT2D eigenvalue weighted by Crippen LogP contribution is 2.44. The van der Waals surface area contributed by atoms with Crippen molar-refractivity contribution in [1.29, 1.82) is 0 Å². The van der Waals surface area contributed by atoms with Crippen molar-refractivity contribution in [2.24, 2.45) is 5.92 Å². The molecule has 2 aromatic rings. The Morgan fingerprint density at radius 3 is 2.03 bits per heavy atom. The minimum Gasteiger partial charge on any atom is -0.480 e. The molecule has 1 aliphatic carbocycles. The van der Waals surface area contributed by atoms with Gasteiger partial charge in [-0.15, -0.1) is 0 Å². The van der Waals surface area contributed by atoms with Gasteiger partial charge in [-0.05, 0) is 34.6 Å². The monoisotopic (exact) mass is 454 g/mol. The van der Waals surface area contributed by atoms with Gasteiger partial charge in [-0.2, -0.15) is 0 Å². The Morgan fingerprint density at radius 1 is 0.939 bits per heavy atom. The molecule has 0 aromatic heterocycles. The molecule has 3 N–H and O–H groups in total. The van der Waals surface area contributed by atoms with Crippen molar-refractivity contribution in [3.8, 4) is 11.1 Å². The zero-order valence-electron chi connectivity index (χ0n) is 19.0. The van der Waals surface area contributed by atoms with Gasteiger partial charge in [0.1, 0.15) is 18.7 Å². The lowest BCUT2D eigenvalue weighted by Crippen LogP contribution is -2.53. The Labute approximate surface area is 193 Å². The second-order valence-corrected chi connectivity index (χ2v) is 8.51. The fourth-order valence-corrected chi connectivity index (χ4v) is 4.10. The first kappa shape index (κ1) is 24.3. The number of ether oxygens (including phenoxy) is 2. The fraction of sp³-hybridized carbons (Fsp3) is 0.400. The number of alkyl carbamates (subject to hydrolysis) is 1. The second-order valence-electron chi connectivity index (χ2n) is 8.51. The number of methoxy groups -OCH3 is 1. The quantitative estimate of drug-likeness (QED) is 0.508. The molecule has 3 rings (SSSR count). The summed E-state index contributed by atoms with van der Waals surface area (Å²) in [6, 6.07) is 13.8. The predicted molar refractivity (Wildman–Crippen MR) is 123 cm³/mol. The van der Waals surface area contributed by atoms with Gasteiger partial charge in [0, 0.05) is 13.0 Å². The predicted octanol–water partition coefficient (Wildman–Crippen LogP) is 3.16. The molecule has 0 heterocycles. The third-order valence-electron chi connectivity index (χ3n) is 5.61. The van der Waals surface area contributed by atoms with Gasteiger partial charge in [0.05, 0.1) is 6.61 Å². The summed E-state index contributed by atoms with van der Waals surface area (Å²) in [5.41, 5.74) is 4.39. The van der Waals surface area contributed by atoms with Crippen molar-refractivity contribution in [3.63, 3.8) is 0 Å². The van der Waals surface area contributed by atoms with Gasteiger partial charge in [-0.3, -0.25) is 4.79 Å². The first-order valence-electron chi connectivity index (χ1n) is 11.0. The first-order valence-corrected chi connectivity index (χ1v) is 11.0. The highest BCUT2D eigenvalue weighted by molar-refractivity contribution is 5.89. The van der Waals surface area contributed by atoms with E-state index in [1.54, 1.807) is 0 Å². The Balaban J connectivity index is 1.64. The third kappa shape index (κ3) is 5.90. The van der Waals surface area contributed by atoms with Crippen molar-refractivity contribution >= 4 is 18.0 Å². The minimum absolute atomic E-state index is 0.0716. The van der Waals surface area contributed by atoms with Crippen molar-refractivity contribution in [1.82, 2.24) is 10.6 Å². The van der Waals surface area contributed by atoms with Gasteiger partial charge in [-0.25, -0.2) is 9.59 Å². The van der Waals surface area contributed by atoms with Crippen LogP contribution in [0.25, 0.3) is 11.1 Å². The van der Waals surface area contributed by atoms with Crippen LogP contribution in [-0.4, -0.2) is 55.5 Å². The number of amides is 2. The van der Waals surface area contributed by atoms with E-state index in [0.717, 1.165) is 22.3 Å². The van der Waals surface area contributed by atoms with Crippen LogP contribution in [0.3, 0.4) is 0 Å². The highest BCUT2D eigenvalue weighted by atomic mass is 16.5. The Morgan fingerprint density at radius 2 is 1.52 bits per heavy atom. The summed E-state index contributed by atoms with van der Waals surface area (Å²) in [7, 11) is 1.39. The molecular weight excluding hydrogens is 424 g/mol. The molecule has 0 saturated heterocycles. The maximum Gasteiger partial charge on any atom is 0.407 e. The Bertz CT molecular complexity index is 960. The standard InChI is InChI=1S/C25H30N2O6/c1-15(2)12-21(24(29)30)26-23(28)22(14-32-3)27-25(31)33-13-20-18-10-6-4-8-16(18)17-9-5-7-11-19(17)20/h4-11,15,20-22H,12-14H2,1-3H3,(H,26,28)(H,27,31)(H,29,30). The molecule has 176 valence electrons. The van der Waals surface area contributed by atoms with Crippen LogP contribution in [0.2, 0.25) is 0 Å². The molecular formula is C25H30N2O6. The summed E-state index contributed by atoms with van der Waals surface area (Å²) < 4.78 is 10.5. The lowest BCUT2D eigenvalue weighted by molar-refractivity contribution is -0.142. The fourth-order valence-electron chi connectivity index (χ4n) is 4.10. The normalized spacial score (nSPS) is 14.2. The second kappa shape index (κ2) is 11.0. The SMILES string of the molecule is COCC(NC(=O)OCC1c2ccccc2-c2ccccc21)C(=O)NC(CC(C)C)C(=O)O. The van der Waals surface area contributed by atoms with Crippen LogP contribution in [0.5, 0.6) is 0 Å². The number of nitrogens with one attached hydrogen (secondary N) is 2. The molecule has 2 atom stereocenters. The van der Waals surface area contributed by atoms with Crippen LogP contribution in [0.1, 0.15) is 37.3 Å². The van der Waals surface area contributed by atoms with E-state index in [1.165, 1.54) is 7.11 Å². The summed E-state index contributed by atoms with van der Waals surface area (Å²) in [4.78, 5) is 36.6. The molecule has 33 heavy (non-hydrogen) atoms. The summed E-state index contributed by atoms with van der Waals surface area (Å²) in [6.45, 7) is 3.71. The van der Waals surface area contributed by atoms with Gasteiger partial charge in [0.15, 0.2) is 0 Å². The molecule has 0 fully saturated rings. The van der Waals surface area contributed by atoms with Crippen LogP contribution in [0.4, 0.5) is 4.79 Å². The molecule has 0 saturated carbocycles. The van der Waals surface area contributed by atoms with E-state index in [4.69, 9.17) is 9.47 Å². The van der Waals surface area contributed by atoms with Crippen LogP contribution >= 0.6 is 0 Å². The molecule has 0 spiro atoms. The summed E-state index contributed by atoms with van der Waals surface area (Å²) in [6.07, 6.45) is -0.504. The molecule has 8 heteroatoms. The number of benzene rings is 2. The van der Waals surface area contributed by atoms with E-state index in [9.17, 15) is 19.5 Å². The molecule has 1 aliphatic rings. The zero-order valence-corrected chi connectivity index (χ0v) is 19.0. The maximum absolute atomic E-state index is 12.6. The first-order chi connectivity index (χ1) is 15.8. The average molecular weight is 455 g/mol. The molecule has 0 aliphatic heterocycles. The van der Waals surface area contributed by atoms with Crippen LogP contribution in [0, 0.1) is 5.92 Å². The average Bonchev–Trinajstić information content (AvgIpc) is 3.10. The van der Waals surface area contributed by atoms with Crippen LogP contribution in [-0.2, 0) is 19.1 Å². The molecule has 2 aromatic carbocycles. The lowest BCUT2D eigenvalue weighted by atomic mass is 9.98. The molecule has 0 bridgehead atoms. The number of carbonyl (C=O) groups is 3. The van der Waals surface area contributed by atoms with Crippen molar-refractivity contribution in [2.75, 3.05) is 20.3 Å². The largest absolute Gasteiger partial charge is 0.480 e. The summed E-state index contributed by atoms with van der Waals surface area (Å²) in [5, 5.41) is 14.3. The minimum atomic E-state index is -1.13. The smallest absolute Gasteiger partial charge is 0.407 e. The molecule has 2 unspecified atom stereocenters. The van der Waals surface area contributed by atoms with Crippen LogP contribution < -0.4 is 10.6 Å². The van der Waals surface area contributed by atoms with Crippen molar-refractivity contribution < 1.29 is 29.0 Å². The number of aliphatic carboxylic acids is 1. The maximum atomic E-state index is 12.6. The van der Waals surface area contributed by atoms with E-state index in [1.807, 2.05) is 62.4 Å². The number of rotatable bonds is 10. The molecule has 8 nitrogen and oxygen atoms in total. The number of fused-ring (bicyclic) bond motifs is 3. The van der Waals surface area contributed by atoms with Gasteiger partial charge >= 0.3 is 12.1 Å². The van der Waals surface area contributed by atoms with Crippen LogP contribution in [0.15, 0.2) is 48.5 Å². The van der Waals surface area contributed by atoms with Crippen molar-refractivity contribution in [2.45, 2.75) is 38.3 Å². The van der Waals surface area contributed by atoms with E-state index in [-0.39, 0.29) is 31.5 Å². The zero-order chi connectivity index (χ0) is 24.0. The third-order valence-corrected chi connectivity index (χ3v) is 5.61. The number of carboxylic acids is 1. The summed E-state index contributed by atoms with van der Waals surface area (Å²) in [5.74, 6) is -1.81. The van der Waals surface area contributed by atoms with Gasteiger partial charge in [0.25, 0.3) is 0 Å². The van der Waals surface area contributed by atoms with Crippen molar-refractivity contribution in [3.05, 3.63) is 59.7 Å². The van der Waals surface area contributed by atoms with Gasteiger partial charge in [-0.1, -0.05) is 62.4 Å². The van der Waals surface area contributed by atoms with Gasteiger partial charge in [0.2, 0.25) is 5.91 Å². The Kier molecular flexibility index (Phi) is 8.06. The highest BCUT2D eigenvalue weighted by Gasteiger charge is 2.31. The number of hydrogen-bond donors (Lipinski definition) is 3. The number of hydrogen-bond acceptors (Lipinski definition) is 5. The lowest BCUT2D eigenvalue weighted by Gasteiger charge is -2.22. The topological polar surface area (TPSA) is 114 Å². The van der Waals surface area contributed by atoms with Gasteiger partial charge < -0.3 is 25.2 Å².